The lowest BCUT2D eigenvalue weighted by atomic mass is 10.1. The van der Waals surface area contributed by atoms with Crippen molar-refractivity contribution in [2.45, 2.75) is 25.1 Å². The van der Waals surface area contributed by atoms with E-state index in [1.54, 1.807) is 0 Å². The Labute approximate surface area is 74.2 Å². The van der Waals surface area contributed by atoms with Crippen LogP contribution in [0, 0.1) is 0 Å². The number of piperidine rings is 1. The van der Waals surface area contributed by atoms with E-state index in [9.17, 15) is 9.90 Å². The van der Waals surface area contributed by atoms with Crippen LogP contribution in [-0.4, -0.2) is 40.0 Å². The Kier molecular flexibility index (Phi) is 2.94. The maximum atomic E-state index is 10.6. The third-order valence-electron chi connectivity index (χ3n) is 1.98. The minimum absolute atomic E-state index is 0.177. The summed E-state index contributed by atoms with van der Waals surface area (Å²) in [6, 6.07) is 0. The van der Waals surface area contributed by atoms with Crippen LogP contribution in [0.3, 0.4) is 0 Å². The molecule has 1 saturated heterocycles. The van der Waals surface area contributed by atoms with Gasteiger partial charge in [-0.25, -0.2) is 4.79 Å². The van der Waals surface area contributed by atoms with E-state index in [1.165, 1.54) is 0 Å². The summed E-state index contributed by atoms with van der Waals surface area (Å²) in [7, 11) is 0. The van der Waals surface area contributed by atoms with Crippen molar-refractivity contribution in [3.63, 3.8) is 0 Å². The maximum absolute atomic E-state index is 10.6. The summed E-state index contributed by atoms with van der Waals surface area (Å²) >= 11 is 0. The van der Waals surface area contributed by atoms with Crippen molar-refractivity contribution < 1.29 is 15.0 Å². The fourth-order valence-corrected chi connectivity index (χ4v) is 1.32. The minimum Gasteiger partial charge on any atom is -0.465 e. The lowest BCUT2D eigenvalue weighted by molar-refractivity contribution is 0.0452. The van der Waals surface area contributed by atoms with E-state index in [-0.39, 0.29) is 13.0 Å². The van der Waals surface area contributed by atoms with Gasteiger partial charge in [0.1, 0.15) is 6.17 Å². The highest BCUT2D eigenvalue weighted by Gasteiger charge is 2.29. The molecular formula is C6H10N4O3. The van der Waals surface area contributed by atoms with Gasteiger partial charge in [-0.15, -0.1) is 0 Å². The van der Waals surface area contributed by atoms with Crippen LogP contribution in [0.15, 0.2) is 5.11 Å². The quantitative estimate of drug-likeness (QED) is 0.358. The van der Waals surface area contributed by atoms with Gasteiger partial charge < -0.3 is 10.2 Å². The summed E-state index contributed by atoms with van der Waals surface area (Å²) in [5, 5.41) is 21.2. The number of carboxylic acid groups (broad SMARTS) is 1. The van der Waals surface area contributed by atoms with E-state index in [1.807, 2.05) is 0 Å². The fourth-order valence-electron chi connectivity index (χ4n) is 1.32. The van der Waals surface area contributed by atoms with Gasteiger partial charge in [-0.1, -0.05) is 5.11 Å². The van der Waals surface area contributed by atoms with Crippen LogP contribution in [0.1, 0.15) is 12.8 Å². The average molecular weight is 186 g/mol. The standard InChI is InChI=1S/C6H10N4O3/c7-9-8-5-3-4(11)1-2-10(5)6(12)13/h4-5,11H,1-3H2,(H,12,13). The molecule has 1 fully saturated rings. The van der Waals surface area contributed by atoms with Gasteiger partial charge in [0.25, 0.3) is 0 Å². The summed E-state index contributed by atoms with van der Waals surface area (Å²) < 4.78 is 0. The van der Waals surface area contributed by atoms with Crippen LogP contribution in [0.5, 0.6) is 0 Å². The zero-order chi connectivity index (χ0) is 9.84. The molecular weight excluding hydrogens is 176 g/mol. The molecule has 0 aromatic heterocycles. The number of amides is 1. The van der Waals surface area contributed by atoms with E-state index in [0.29, 0.717) is 6.42 Å². The molecule has 1 aliphatic heterocycles. The largest absolute Gasteiger partial charge is 0.465 e. The van der Waals surface area contributed by atoms with Crippen molar-refractivity contribution in [1.29, 1.82) is 0 Å². The number of carbonyl (C=O) groups is 1. The van der Waals surface area contributed by atoms with Crippen LogP contribution in [0.4, 0.5) is 4.79 Å². The van der Waals surface area contributed by atoms with Crippen molar-refractivity contribution in [3.05, 3.63) is 10.4 Å². The topological polar surface area (TPSA) is 110 Å². The van der Waals surface area contributed by atoms with Gasteiger partial charge >= 0.3 is 6.09 Å². The van der Waals surface area contributed by atoms with E-state index in [2.05, 4.69) is 10.0 Å². The smallest absolute Gasteiger partial charge is 0.407 e. The van der Waals surface area contributed by atoms with E-state index in [4.69, 9.17) is 10.6 Å². The predicted molar refractivity (Wildman–Crippen MR) is 42.9 cm³/mol. The second-order valence-corrected chi connectivity index (χ2v) is 2.84. The Hall–Kier alpha value is -1.46. The first-order valence-corrected chi connectivity index (χ1v) is 3.87. The molecule has 7 heteroatoms. The average Bonchev–Trinajstić information content (AvgIpc) is 2.04. The molecule has 0 spiro atoms. The molecule has 0 saturated carbocycles. The number of aliphatic hydroxyl groups is 1. The number of rotatable bonds is 1. The SMILES string of the molecule is [N-]=[N+]=NC1CC(O)CCN1C(=O)O. The molecule has 13 heavy (non-hydrogen) atoms. The number of azide groups is 1. The molecule has 2 unspecified atom stereocenters. The van der Waals surface area contributed by atoms with Crippen molar-refractivity contribution in [3.8, 4) is 0 Å². The van der Waals surface area contributed by atoms with Gasteiger partial charge in [0, 0.05) is 11.5 Å². The van der Waals surface area contributed by atoms with Gasteiger partial charge in [0.05, 0.1) is 6.10 Å². The molecule has 0 bridgehead atoms. The minimum atomic E-state index is -1.12. The summed E-state index contributed by atoms with van der Waals surface area (Å²) in [4.78, 5) is 14.2. The highest BCUT2D eigenvalue weighted by atomic mass is 16.4. The van der Waals surface area contributed by atoms with E-state index >= 15 is 0 Å². The van der Waals surface area contributed by atoms with Gasteiger partial charge in [-0.3, -0.25) is 4.90 Å². The molecule has 0 aromatic rings. The normalized spacial score (nSPS) is 27.9. The zero-order valence-corrected chi connectivity index (χ0v) is 6.87. The number of hydrogen-bond donors (Lipinski definition) is 2. The van der Waals surface area contributed by atoms with Crippen LogP contribution in [0.25, 0.3) is 10.4 Å². The number of nitrogens with zero attached hydrogens (tertiary/aromatic N) is 4. The molecule has 1 amide bonds. The third kappa shape index (κ3) is 2.24. The lowest BCUT2D eigenvalue weighted by Gasteiger charge is -2.32. The molecule has 1 rings (SSSR count). The third-order valence-corrected chi connectivity index (χ3v) is 1.98. The molecule has 72 valence electrons. The molecule has 2 N–H and O–H groups in total. The lowest BCUT2D eigenvalue weighted by Crippen LogP contribution is -2.45. The number of likely N-dealkylation sites (tertiary alicyclic amines) is 1. The predicted octanol–water partition coefficient (Wildman–Crippen LogP) is 0.758. The van der Waals surface area contributed by atoms with Crippen molar-refractivity contribution in [2.24, 2.45) is 5.11 Å². The van der Waals surface area contributed by atoms with E-state index in [0.717, 1.165) is 4.90 Å². The summed E-state index contributed by atoms with van der Waals surface area (Å²) in [5.41, 5.74) is 8.16. The van der Waals surface area contributed by atoms with Crippen LogP contribution >= 0.6 is 0 Å². The van der Waals surface area contributed by atoms with Crippen LogP contribution < -0.4 is 0 Å². The highest BCUT2D eigenvalue weighted by molar-refractivity contribution is 5.65. The zero-order valence-electron chi connectivity index (χ0n) is 6.87. The molecule has 2 atom stereocenters. The van der Waals surface area contributed by atoms with Crippen LogP contribution in [-0.2, 0) is 0 Å². The molecule has 7 nitrogen and oxygen atoms in total. The summed E-state index contributed by atoms with van der Waals surface area (Å²) in [6.07, 6.45) is -1.90. The maximum Gasteiger partial charge on any atom is 0.407 e. The molecule has 1 aliphatic rings. The first-order valence-electron chi connectivity index (χ1n) is 3.87. The number of aliphatic hydroxyl groups excluding tert-OH is 1. The Morgan fingerprint density at radius 1 is 1.69 bits per heavy atom. The second-order valence-electron chi connectivity index (χ2n) is 2.84. The van der Waals surface area contributed by atoms with Crippen LogP contribution in [0.2, 0.25) is 0 Å². The van der Waals surface area contributed by atoms with Crippen molar-refractivity contribution in [2.75, 3.05) is 6.54 Å². The van der Waals surface area contributed by atoms with Crippen molar-refractivity contribution >= 4 is 6.09 Å². The van der Waals surface area contributed by atoms with Gasteiger partial charge in [-0.05, 0) is 18.4 Å². The Morgan fingerprint density at radius 2 is 2.38 bits per heavy atom. The first kappa shape index (κ1) is 9.63. The second kappa shape index (κ2) is 3.97. The molecule has 1 heterocycles. The first-order chi connectivity index (χ1) is 6.15. The Balaban J connectivity index is 2.71. The van der Waals surface area contributed by atoms with Gasteiger partial charge in [0.15, 0.2) is 0 Å². The molecule has 0 aliphatic carbocycles. The van der Waals surface area contributed by atoms with Gasteiger partial charge in [-0.2, -0.15) is 0 Å². The van der Waals surface area contributed by atoms with Gasteiger partial charge in [0.2, 0.25) is 0 Å². The summed E-state index contributed by atoms with van der Waals surface area (Å²) in [6.45, 7) is 0.209. The van der Waals surface area contributed by atoms with Crippen molar-refractivity contribution in [1.82, 2.24) is 4.90 Å². The molecule has 0 radical (unpaired) electrons. The Morgan fingerprint density at radius 3 is 2.92 bits per heavy atom. The monoisotopic (exact) mass is 186 g/mol. The fraction of sp³-hybridized carbons (Fsp3) is 0.833. The highest BCUT2D eigenvalue weighted by Crippen LogP contribution is 2.18. The summed E-state index contributed by atoms with van der Waals surface area (Å²) in [5.74, 6) is 0. The van der Waals surface area contributed by atoms with E-state index < -0.39 is 18.4 Å². The number of hydrogen-bond acceptors (Lipinski definition) is 3. The molecule has 0 aromatic carbocycles. The Bertz CT molecular complexity index is 250.